The topological polar surface area (TPSA) is 29.5 Å². The third-order valence-corrected chi connectivity index (χ3v) is 4.03. The van der Waals surface area contributed by atoms with E-state index in [2.05, 4.69) is 27.4 Å². The van der Waals surface area contributed by atoms with Crippen LogP contribution in [0.5, 0.6) is 5.75 Å². The number of phenols is 1. The minimum absolute atomic E-state index is 0.0211. The van der Waals surface area contributed by atoms with E-state index >= 15 is 0 Å². The van der Waals surface area contributed by atoms with Crippen LogP contribution in [-0.4, -0.2) is 5.11 Å². The highest BCUT2D eigenvalue weighted by atomic mass is 16.5. The largest absolute Gasteiger partial charge is 0.507 e. The molecule has 0 unspecified atom stereocenters. The summed E-state index contributed by atoms with van der Waals surface area (Å²) in [6.07, 6.45) is 0.988. The summed E-state index contributed by atoms with van der Waals surface area (Å²) in [6, 6.07) is 11.4. The maximum atomic E-state index is 9.88. The SMILES string of the molecule is C=C(OCc1cccc2c(O)cccc12)C(C)(C)CC. The molecule has 0 aliphatic heterocycles. The van der Waals surface area contributed by atoms with Crippen LogP contribution < -0.4 is 0 Å². The summed E-state index contributed by atoms with van der Waals surface area (Å²) in [6.45, 7) is 10.9. The maximum Gasteiger partial charge on any atom is 0.123 e. The van der Waals surface area contributed by atoms with Crippen LogP contribution in [0.3, 0.4) is 0 Å². The van der Waals surface area contributed by atoms with Crippen LogP contribution >= 0.6 is 0 Å². The third-order valence-electron chi connectivity index (χ3n) is 4.03. The first-order valence-corrected chi connectivity index (χ1v) is 6.97. The molecule has 0 amide bonds. The zero-order valence-electron chi connectivity index (χ0n) is 12.4. The molecule has 0 heterocycles. The van der Waals surface area contributed by atoms with Crippen LogP contribution in [0, 0.1) is 5.41 Å². The van der Waals surface area contributed by atoms with E-state index in [4.69, 9.17) is 4.74 Å². The van der Waals surface area contributed by atoms with Gasteiger partial charge in [-0.3, -0.25) is 0 Å². The summed E-state index contributed by atoms with van der Waals surface area (Å²) in [4.78, 5) is 0. The van der Waals surface area contributed by atoms with Gasteiger partial charge >= 0.3 is 0 Å². The lowest BCUT2D eigenvalue weighted by Gasteiger charge is -2.25. The van der Waals surface area contributed by atoms with Crippen LogP contribution in [0.15, 0.2) is 48.7 Å². The average molecular weight is 270 g/mol. The molecule has 0 spiro atoms. The molecule has 1 N–H and O–H groups in total. The number of ether oxygens (including phenoxy) is 1. The van der Waals surface area contributed by atoms with E-state index in [0.29, 0.717) is 12.4 Å². The van der Waals surface area contributed by atoms with Crippen LogP contribution in [0.1, 0.15) is 32.8 Å². The zero-order chi connectivity index (χ0) is 14.8. The van der Waals surface area contributed by atoms with Gasteiger partial charge in [-0.25, -0.2) is 0 Å². The van der Waals surface area contributed by atoms with E-state index in [1.807, 2.05) is 30.3 Å². The van der Waals surface area contributed by atoms with E-state index in [0.717, 1.165) is 28.5 Å². The van der Waals surface area contributed by atoms with E-state index in [1.54, 1.807) is 6.07 Å². The summed E-state index contributed by atoms with van der Waals surface area (Å²) < 4.78 is 5.86. The summed E-state index contributed by atoms with van der Waals surface area (Å²) in [5.74, 6) is 1.11. The molecule has 20 heavy (non-hydrogen) atoms. The molecule has 0 radical (unpaired) electrons. The molecule has 2 nitrogen and oxygen atoms in total. The van der Waals surface area contributed by atoms with Gasteiger partial charge in [-0.1, -0.05) is 57.7 Å². The molecule has 0 aliphatic carbocycles. The minimum atomic E-state index is -0.0211. The van der Waals surface area contributed by atoms with Crippen LogP contribution in [-0.2, 0) is 11.3 Å². The van der Waals surface area contributed by atoms with Crippen molar-refractivity contribution in [3.8, 4) is 5.75 Å². The molecule has 0 saturated heterocycles. The Morgan fingerprint density at radius 2 is 1.80 bits per heavy atom. The van der Waals surface area contributed by atoms with Gasteiger partial charge in [-0.05, 0) is 23.4 Å². The molecule has 0 aromatic heterocycles. The molecule has 2 rings (SSSR count). The highest BCUT2D eigenvalue weighted by Gasteiger charge is 2.21. The molecular weight excluding hydrogens is 248 g/mol. The summed E-state index contributed by atoms with van der Waals surface area (Å²) in [7, 11) is 0. The number of aromatic hydroxyl groups is 1. The Morgan fingerprint density at radius 1 is 1.15 bits per heavy atom. The predicted molar refractivity (Wildman–Crippen MR) is 83.6 cm³/mol. The Balaban J connectivity index is 2.23. The maximum absolute atomic E-state index is 9.88. The van der Waals surface area contributed by atoms with Crippen molar-refractivity contribution in [3.63, 3.8) is 0 Å². The first-order valence-electron chi connectivity index (χ1n) is 6.97. The van der Waals surface area contributed by atoms with Gasteiger partial charge in [0.1, 0.15) is 12.4 Å². The molecular formula is C18H22O2. The first kappa shape index (κ1) is 14.4. The number of hydrogen-bond acceptors (Lipinski definition) is 2. The second kappa shape index (κ2) is 5.58. The Bertz CT molecular complexity index is 626. The Hall–Kier alpha value is -1.96. The average Bonchev–Trinajstić information content (AvgIpc) is 2.45. The standard InChI is InChI=1S/C18H22O2/c1-5-18(3,4)13(2)20-12-14-8-6-10-16-15(14)9-7-11-17(16)19/h6-11,19H,2,5,12H2,1,3-4H3. The molecule has 0 aliphatic rings. The van der Waals surface area contributed by atoms with Crippen LogP contribution in [0.4, 0.5) is 0 Å². The van der Waals surface area contributed by atoms with E-state index in [-0.39, 0.29) is 5.41 Å². The van der Waals surface area contributed by atoms with Gasteiger partial charge in [0.25, 0.3) is 0 Å². The predicted octanol–water partition coefficient (Wildman–Crippen LogP) is 5.01. The van der Waals surface area contributed by atoms with Gasteiger partial charge in [0, 0.05) is 10.8 Å². The molecule has 0 fully saturated rings. The monoisotopic (exact) mass is 270 g/mol. The van der Waals surface area contributed by atoms with Crippen molar-refractivity contribution in [2.45, 2.75) is 33.8 Å². The highest BCUT2D eigenvalue weighted by Crippen LogP contribution is 2.32. The number of fused-ring (bicyclic) bond motifs is 1. The summed E-state index contributed by atoms with van der Waals surface area (Å²) in [5, 5.41) is 11.8. The fraction of sp³-hybridized carbons (Fsp3) is 0.333. The van der Waals surface area contributed by atoms with Crippen molar-refractivity contribution in [1.82, 2.24) is 0 Å². The molecule has 2 aromatic carbocycles. The number of hydrogen-bond donors (Lipinski definition) is 1. The number of rotatable bonds is 5. The number of allylic oxidation sites excluding steroid dienone is 1. The lowest BCUT2D eigenvalue weighted by atomic mass is 9.88. The zero-order valence-corrected chi connectivity index (χ0v) is 12.4. The Labute approximate surface area is 120 Å². The van der Waals surface area contributed by atoms with Gasteiger partial charge in [0.15, 0.2) is 0 Å². The van der Waals surface area contributed by atoms with Gasteiger partial charge in [0.2, 0.25) is 0 Å². The third kappa shape index (κ3) is 2.79. The smallest absolute Gasteiger partial charge is 0.123 e. The van der Waals surface area contributed by atoms with E-state index in [9.17, 15) is 5.11 Å². The van der Waals surface area contributed by atoms with Crippen LogP contribution in [0.2, 0.25) is 0 Å². The molecule has 0 saturated carbocycles. The van der Waals surface area contributed by atoms with E-state index in [1.165, 1.54) is 0 Å². The lowest BCUT2D eigenvalue weighted by molar-refractivity contribution is 0.132. The van der Waals surface area contributed by atoms with Gasteiger partial charge in [-0.15, -0.1) is 0 Å². The van der Waals surface area contributed by atoms with Crippen molar-refractivity contribution in [2.75, 3.05) is 0 Å². The van der Waals surface area contributed by atoms with Crippen molar-refractivity contribution >= 4 is 10.8 Å². The highest BCUT2D eigenvalue weighted by molar-refractivity contribution is 5.90. The van der Waals surface area contributed by atoms with Crippen molar-refractivity contribution in [3.05, 3.63) is 54.3 Å². The van der Waals surface area contributed by atoms with E-state index < -0.39 is 0 Å². The summed E-state index contributed by atoms with van der Waals surface area (Å²) in [5.41, 5.74) is 1.04. The van der Waals surface area contributed by atoms with Crippen LogP contribution in [0.25, 0.3) is 10.8 Å². The second-order valence-corrected chi connectivity index (χ2v) is 5.74. The molecule has 2 heteroatoms. The van der Waals surface area contributed by atoms with Gasteiger partial charge < -0.3 is 9.84 Å². The first-order chi connectivity index (χ1) is 9.45. The molecule has 106 valence electrons. The van der Waals surface area contributed by atoms with Gasteiger partial charge in [-0.2, -0.15) is 0 Å². The number of benzene rings is 2. The van der Waals surface area contributed by atoms with Crippen molar-refractivity contribution in [2.24, 2.45) is 5.41 Å². The fourth-order valence-corrected chi connectivity index (χ4v) is 2.04. The minimum Gasteiger partial charge on any atom is -0.507 e. The Kier molecular flexibility index (Phi) is 4.03. The number of phenolic OH excluding ortho intramolecular Hbond substituents is 1. The fourth-order valence-electron chi connectivity index (χ4n) is 2.04. The molecule has 0 bridgehead atoms. The second-order valence-electron chi connectivity index (χ2n) is 5.74. The lowest BCUT2D eigenvalue weighted by Crippen LogP contribution is -2.15. The Morgan fingerprint density at radius 3 is 2.50 bits per heavy atom. The normalized spacial score (nSPS) is 11.6. The van der Waals surface area contributed by atoms with Gasteiger partial charge in [0.05, 0.1) is 5.76 Å². The summed E-state index contributed by atoms with van der Waals surface area (Å²) >= 11 is 0. The van der Waals surface area contributed by atoms with Crippen molar-refractivity contribution in [1.29, 1.82) is 0 Å². The quantitative estimate of drug-likeness (QED) is 0.774. The molecule has 0 atom stereocenters. The molecule has 2 aromatic rings. The van der Waals surface area contributed by atoms with Crippen molar-refractivity contribution < 1.29 is 9.84 Å².